The largest absolute Gasteiger partial charge is 0.381 e. The van der Waals surface area contributed by atoms with Crippen molar-refractivity contribution in [2.24, 2.45) is 0 Å². The van der Waals surface area contributed by atoms with Crippen LogP contribution in [0, 0.1) is 6.92 Å². The summed E-state index contributed by atoms with van der Waals surface area (Å²) in [6, 6.07) is 6.85. The van der Waals surface area contributed by atoms with Gasteiger partial charge in [0.05, 0.1) is 0 Å². The Balaban J connectivity index is 2.23. The number of allylic oxidation sites excluding steroid dienone is 1. The van der Waals surface area contributed by atoms with E-state index in [9.17, 15) is 0 Å². The van der Waals surface area contributed by atoms with Crippen LogP contribution in [0.25, 0.3) is 6.08 Å². The van der Waals surface area contributed by atoms with Gasteiger partial charge >= 0.3 is 0 Å². The lowest BCUT2D eigenvalue weighted by Crippen LogP contribution is -2.14. The monoisotopic (exact) mass is 216 g/mol. The maximum atomic E-state index is 5.41. The summed E-state index contributed by atoms with van der Waals surface area (Å²) in [6.07, 6.45) is 6.63. The number of aryl methyl sites for hydroxylation is 1. The van der Waals surface area contributed by atoms with Gasteiger partial charge in [-0.15, -0.1) is 0 Å². The number of ether oxygens (including phenoxy) is 1. The molecule has 0 atom stereocenters. The van der Waals surface area contributed by atoms with E-state index in [4.69, 9.17) is 4.74 Å². The molecule has 16 heavy (non-hydrogen) atoms. The predicted molar refractivity (Wildman–Crippen MR) is 68.7 cm³/mol. The van der Waals surface area contributed by atoms with Crippen LogP contribution >= 0.6 is 0 Å². The van der Waals surface area contributed by atoms with Gasteiger partial charge in [-0.05, 0) is 49.3 Å². The Hall–Kier alpha value is -1.08. The van der Waals surface area contributed by atoms with E-state index in [1.807, 2.05) is 0 Å². The minimum Gasteiger partial charge on any atom is -0.381 e. The summed E-state index contributed by atoms with van der Waals surface area (Å²) < 4.78 is 5.41. The molecule has 0 saturated carbocycles. The third kappa shape index (κ3) is 2.53. The third-order valence-corrected chi connectivity index (χ3v) is 3.34. The van der Waals surface area contributed by atoms with Gasteiger partial charge in [-0.2, -0.15) is 0 Å². The maximum Gasteiger partial charge on any atom is 0.0471 e. The van der Waals surface area contributed by atoms with E-state index >= 15 is 0 Å². The average Bonchev–Trinajstić information content (AvgIpc) is 2.33. The molecule has 1 heterocycles. The van der Waals surface area contributed by atoms with Gasteiger partial charge in [-0.3, -0.25) is 0 Å². The van der Waals surface area contributed by atoms with Gasteiger partial charge in [-0.25, -0.2) is 0 Å². The Bertz CT molecular complexity index is 373. The van der Waals surface area contributed by atoms with Crippen molar-refractivity contribution < 1.29 is 4.74 Å². The normalized spacial score (nSPS) is 18.1. The lowest BCUT2D eigenvalue weighted by Gasteiger charge is -2.23. The van der Waals surface area contributed by atoms with E-state index in [1.54, 1.807) is 0 Å². The van der Waals surface area contributed by atoms with Crippen LogP contribution in [0.2, 0.25) is 0 Å². The van der Waals surface area contributed by atoms with E-state index in [0.717, 1.165) is 13.2 Å². The van der Waals surface area contributed by atoms with Crippen molar-refractivity contribution in [2.75, 3.05) is 13.2 Å². The first-order valence-corrected chi connectivity index (χ1v) is 6.12. The molecule has 1 saturated heterocycles. The summed E-state index contributed by atoms with van der Waals surface area (Å²) in [6.45, 7) is 6.07. The van der Waals surface area contributed by atoms with Gasteiger partial charge in [-0.1, -0.05) is 30.4 Å². The molecule has 1 aliphatic heterocycles. The first-order valence-electron chi connectivity index (χ1n) is 6.12. The van der Waals surface area contributed by atoms with Gasteiger partial charge in [0, 0.05) is 13.2 Å². The second-order valence-electron chi connectivity index (χ2n) is 4.50. The van der Waals surface area contributed by atoms with Crippen molar-refractivity contribution >= 4 is 6.08 Å². The molecule has 0 aliphatic carbocycles. The molecule has 1 aliphatic rings. The van der Waals surface area contributed by atoms with E-state index < -0.39 is 0 Å². The molecule has 1 heteroatoms. The zero-order valence-electron chi connectivity index (χ0n) is 10.2. The predicted octanol–water partition coefficient (Wildman–Crippen LogP) is 3.92. The Morgan fingerprint density at radius 1 is 1.25 bits per heavy atom. The fourth-order valence-electron chi connectivity index (χ4n) is 2.30. The maximum absolute atomic E-state index is 5.41. The minimum absolute atomic E-state index is 0.693. The van der Waals surface area contributed by atoms with Gasteiger partial charge in [0.1, 0.15) is 0 Å². The first kappa shape index (κ1) is 11.4. The number of rotatable bonds is 2. The van der Waals surface area contributed by atoms with Gasteiger partial charge in [0.2, 0.25) is 0 Å². The first-order chi connectivity index (χ1) is 7.81. The lowest BCUT2D eigenvalue weighted by atomic mass is 9.89. The zero-order valence-corrected chi connectivity index (χ0v) is 10.2. The fourth-order valence-corrected chi connectivity index (χ4v) is 2.30. The molecule has 0 bridgehead atoms. The highest BCUT2D eigenvalue weighted by atomic mass is 16.5. The van der Waals surface area contributed by atoms with Crippen LogP contribution in [0.4, 0.5) is 0 Å². The Labute approximate surface area is 98.1 Å². The Morgan fingerprint density at radius 2 is 2.00 bits per heavy atom. The quantitative estimate of drug-likeness (QED) is 0.728. The van der Waals surface area contributed by atoms with Gasteiger partial charge in [0.15, 0.2) is 0 Å². The molecular weight excluding hydrogens is 196 g/mol. The summed E-state index contributed by atoms with van der Waals surface area (Å²) in [5.74, 6) is 0.693. The summed E-state index contributed by atoms with van der Waals surface area (Å²) in [5.41, 5.74) is 4.18. The molecule has 0 amide bonds. The van der Waals surface area contributed by atoms with E-state index in [0.29, 0.717) is 5.92 Å². The summed E-state index contributed by atoms with van der Waals surface area (Å²) in [4.78, 5) is 0. The van der Waals surface area contributed by atoms with Crippen molar-refractivity contribution in [3.05, 3.63) is 41.0 Å². The van der Waals surface area contributed by atoms with Gasteiger partial charge < -0.3 is 4.74 Å². The molecular formula is C15H20O. The molecule has 0 aromatic heterocycles. The highest BCUT2D eigenvalue weighted by Gasteiger charge is 2.16. The molecule has 0 spiro atoms. The summed E-state index contributed by atoms with van der Waals surface area (Å²) in [7, 11) is 0. The van der Waals surface area contributed by atoms with Crippen molar-refractivity contribution in [1.82, 2.24) is 0 Å². The Morgan fingerprint density at radius 3 is 2.69 bits per heavy atom. The number of hydrogen-bond donors (Lipinski definition) is 0. The molecule has 0 radical (unpaired) electrons. The smallest absolute Gasteiger partial charge is 0.0471 e. The topological polar surface area (TPSA) is 9.23 Å². The summed E-state index contributed by atoms with van der Waals surface area (Å²) in [5, 5.41) is 0. The van der Waals surface area contributed by atoms with Crippen molar-refractivity contribution in [1.29, 1.82) is 0 Å². The van der Waals surface area contributed by atoms with Crippen LogP contribution in [-0.2, 0) is 4.74 Å². The van der Waals surface area contributed by atoms with Crippen LogP contribution in [0.15, 0.2) is 24.3 Å². The highest BCUT2D eigenvalue weighted by Crippen LogP contribution is 2.28. The highest BCUT2D eigenvalue weighted by molar-refractivity contribution is 5.54. The third-order valence-electron chi connectivity index (χ3n) is 3.34. The molecule has 86 valence electrons. The van der Waals surface area contributed by atoms with Gasteiger partial charge in [0.25, 0.3) is 0 Å². The van der Waals surface area contributed by atoms with Crippen LogP contribution in [0.5, 0.6) is 0 Å². The minimum atomic E-state index is 0.693. The molecule has 1 nitrogen and oxygen atoms in total. The van der Waals surface area contributed by atoms with Crippen molar-refractivity contribution in [2.45, 2.75) is 32.6 Å². The van der Waals surface area contributed by atoms with Crippen LogP contribution in [0.3, 0.4) is 0 Å². The molecule has 0 unspecified atom stereocenters. The van der Waals surface area contributed by atoms with Crippen molar-refractivity contribution in [3.8, 4) is 0 Å². The number of hydrogen-bond acceptors (Lipinski definition) is 1. The lowest BCUT2D eigenvalue weighted by molar-refractivity contribution is 0.0853. The second-order valence-corrected chi connectivity index (χ2v) is 4.50. The standard InChI is InChI=1S/C15H20O/c1-3-4-14-11-15(6-5-12(14)2)13-7-9-16-10-8-13/h3-6,11,13H,7-10H2,1-2H3/b4-3-. The van der Waals surface area contributed by atoms with Crippen LogP contribution < -0.4 is 0 Å². The van der Waals surface area contributed by atoms with E-state index in [-0.39, 0.29) is 0 Å². The molecule has 1 fully saturated rings. The Kier molecular flexibility index (Phi) is 3.79. The number of benzene rings is 1. The second kappa shape index (κ2) is 5.31. The molecule has 0 N–H and O–H groups in total. The van der Waals surface area contributed by atoms with Crippen molar-refractivity contribution in [3.63, 3.8) is 0 Å². The van der Waals surface area contributed by atoms with E-state index in [2.05, 4.69) is 44.2 Å². The van der Waals surface area contributed by atoms with Crippen LogP contribution in [0.1, 0.15) is 42.4 Å². The SMILES string of the molecule is C/C=C\c1cc(C2CCOCC2)ccc1C. The molecule has 1 aromatic rings. The summed E-state index contributed by atoms with van der Waals surface area (Å²) >= 11 is 0. The molecule has 1 aromatic carbocycles. The fraction of sp³-hybridized carbons (Fsp3) is 0.467. The van der Waals surface area contributed by atoms with Crippen LogP contribution in [-0.4, -0.2) is 13.2 Å². The average molecular weight is 216 g/mol. The van der Waals surface area contributed by atoms with E-state index in [1.165, 1.54) is 29.5 Å². The zero-order chi connectivity index (χ0) is 11.4. The molecule has 2 rings (SSSR count).